The van der Waals surface area contributed by atoms with Crippen LogP contribution in [0.4, 0.5) is 28.0 Å². The first kappa shape index (κ1) is 20.2. The van der Waals surface area contributed by atoms with Crippen LogP contribution in [-0.4, -0.2) is 45.8 Å². The summed E-state index contributed by atoms with van der Waals surface area (Å²) in [5, 5.41) is 7.00. The number of nitrogens with zero attached hydrogens (tertiary/aromatic N) is 4. The molecule has 0 bridgehead atoms. The number of nitrogens with one attached hydrogen (secondary N) is 1. The van der Waals surface area contributed by atoms with Crippen molar-refractivity contribution < 1.29 is 27.2 Å². The lowest BCUT2D eigenvalue weighted by atomic mass is 10.0. The standard InChI is InChI=1S/C19H19F4N5O2/c1-10-8-28-15(14(7-25-28)26-3-2-24-19(26)30)9-27(10)16(29)6-11-4-12(18(22)23)17(21)13(20)5-11/h4-5,7,10,18H,2-3,6,8-9H2,1H3,(H,24,30)/t10-/m0/s1. The molecule has 1 atom stereocenters. The molecule has 2 aliphatic rings. The molecule has 4 rings (SSSR count). The van der Waals surface area contributed by atoms with Gasteiger partial charge in [-0.25, -0.2) is 22.4 Å². The van der Waals surface area contributed by atoms with Crippen LogP contribution in [0.3, 0.4) is 0 Å². The number of carbonyl (C=O) groups is 2. The smallest absolute Gasteiger partial charge is 0.322 e. The first-order valence-corrected chi connectivity index (χ1v) is 9.41. The number of amides is 3. The lowest BCUT2D eigenvalue weighted by molar-refractivity contribution is -0.134. The molecule has 7 nitrogen and oxygen atoms in total. The molecule has 1 saturated heterocycles. The molecular formula is C19H19F4N5O2. The number of carbonyl (C=O) groups excluding carboxylic acids is 2. The van der Waals surface area contributed by atoms with Crippen molar-refractivity contribution in [2.45, 2.75) is 38.9 Å². The van der Waals surface area contributed by atoms with Crippen molar-refractivity contribution in [1.82, 2.24) is 20.0 Å². The molecule has 3 amide bonds. The molecule has 160 valence electrons. The second kappa shape index (κ2) is 7.62. The third kappa shape index (κ3) is 3.48. The minimum absolute atomic E-state index is 0.0281. The van der Waals surface area contributed by atoms with E-state index >= 15 is 0 Å². The highest BCUT2D eigenvalue weighted by molar-refractivity contribution is 5.94. The minimum atomic E-state index is -3.19. The van der Waals surface area contributed by atoms with Gasteiger partial charge in [0.15, 0.2) is 11.6 Å². The van der Waals surface area contributed by atoms with E-state index in [-0.39, 0.29) is 30.6 Å². The SMILES string of the molecule is C[C@H]1Cn2ncc(N3CCNC3=O)c2CN1C(=O)Cc1cc(F)c(F)c(C(F)F)c1. The number of halogens is 4. The Balaban J connectivity index is 1.56. The largest absolute Gasteiger partial charge is 0.336 e. The van der Waals surface area contributed by atoms with E-state index in [0.717, 1.165) is 12.1 Å². The van der Waals surface area contributed by atoms with Crippen LogP contribution >= 0.6 is 0 Å². The van der Waals surface area contributed by atoms with Gasteiger partial charge in [0, 0.05) is 19.1 Å². The van der Waals surface area contributed by atoms with Gasteiger partial charge >= 0.3 is 6.03 Å². The fourth-order valence-corrected chi connectivity index (χ4v) is 3.85. The summed E-state index contributed by atoms with van der Waals surface area (Å²) in [6, 6.07) is 1.08. The minimum Gasteiger partial charge on any atom is -0.336 e. The summed E-state index contributed by atoms with van der Waals surface area (Å²) in [6.45, 7) is 3.33. The number of anilines is 1. The Bertz CT molecular complexity index is 1010. The number of hydrogen-bond donors (Lipinski definition) is 1. The molecule has 2 aromatic rings. The lowest BCUT2D eigenvalue weighted by Gasteiger charge is -2.35. The summed E-state index contributed by atoms with van der Waals surface area (Å²) in [4.78, 5) is 27.9. The maximum absolute atomic E-state index is 13.7. The zero-order chi connectivity index (χ0) is 21.6. The molecule has 1 N–H and O–H groups in total. The molecular weight excluding hydrogens is 406 g/mol. The maximum atomic E-state index is 13.7. The van der Waals surface area contributed by atoms with Crippen LogP contribution in [0, 0.1) is 11.6 Å². The van der Waals surface area contributed by atoms with Gasteiger partial charge < -0.3 is 10.2 Å². The number of rotatable bonds is 4. The van der Waals surface area contributed by atoms with Gasteiger partial charge in [-0.05, 0) is 24.6 Å². The number of fused-ring (bicyclic) bond motifs is 1. The van der Waals surface area contributed by atoms with Crippen molar-refractivity contribution >= 4 is 17.6 Å². The first-order chi connectivity index (χ1) is 14.3. The Kier molecular flexibility index (Phi) is 5.12. The molecule has 0 aliphatic carbocycles. The van der Waals surface area contributed by atoms with Gasteiger partial charge in [-0.3, -0.25) is 14.4 Å². The Hall–Kier alpha value is -3.11. The second-order valence-corrected chi connectivity index (χ2v) is 7.37. The van der Waals surface area contributed by atoms with Crippen LogP contribution in [0.5, 0.6) is 0 Å². The van der Waals surface area contributed by atoms with Gasteiger partial charge in [-0.1, -0.05) is 0 Å². The van der Waals surface area contributed by atoms with Crippen molar-refractivity contribution in [2.24, 2.45) is 0 Å². The van der Waals surface area contributed by atoms with Crippen LogP contribution in [0.1, 0.15) is 30.2 Å². The molecule has 2 aliphatic heterocycles. The van der Waals surface area contributed by atoms with E-state index in [0.29, 0.717) is 31.0 Å². The lowest BCUT2D eigenvalue weighted by Crippen LogP contribution is -2.46. The quantitative estimate of drug-likeness (QED) is 0.766. The normalized spacial score (nSPS) is 18.7. The van der Waals surface area contributed by atoms with E-state index in [9.17, 15) is 27.2 Å². The molecule has 0 saturated carbocycles. The van der Waals surface area contributed by atoms with Crippen molar-refractivity contribution in [3.63, 3.8) is 0 Å². The Morgan fingerprint density at radius 3 is 2.77 bits per heavy atom. The summed E-state index contributed by atoms with van der Waals surface area (Å²) in [7, 11) is 0. The fourth-order valence-electron chi connectivity index (χ4n) is 3.85. The third-order valence-corrected chi connectivity index (χ3v) is 5.39. The van der Waals surface area contributed by atoms with Gasteiger partial charge in [0.2, 0.25) is 5.91 Å². The molecule has 0 spiro atoms. The van der Waals surface area contributed by atoms with Crippen LogP contribution in [0.15, 0.2) is 18.3 Å². The van der Waals surface area contributed by atoms with E-state index in [4.69, 9.17) is 0 Å². The maximum Gasteiger partial charge on any atom is 0.322 e. The van der Waals surface area contributed by atoms with E-state index in [1.54, 1.807) is 22.7 Å². The average Bonchev–Trinajstić information content (AvgIpc) is 3.28. The first-order valence-electron chi connectivity index (χ1n) is 9.41. The van der Waals surface area contributed by atoms with Crippen molar-refractivity contribution in [3.8, 4) is 0 Å². The number of benzene rings is 1. The molecule has 3 heterocycles. The molecule has 1 fully saturated rings. The number of alkyl halides is 2. The van der Waals surface area contributed by atoms with E-state index < -0.39 is 29.5 Å². The molecule has 11 heteroatoms. The summed E-state index contributed by atoms with van der Waals surface area (Å²) in [5.41, 5.74) is 0.184. The Morgan fingerprint density at radius 1 is 1.33 bits per heavy atom. The van der Waals surface area contributed by atoms with Gasteiger partial charge in [0.05, 0.1) is 42.7 Å². The van der Waals surface area contributed by atoms with Crippen LogP contribution in [0.2, 0.25) is 0 Å². The monoisotopic (exact) mass is 425 g/mol. The Morgan fingerprint density at radius 2 is 2.10 bits per heavy atom. The summed E-state index contributed by atoms with van der Waals surface area (Å²) >= 11 is 0. The summed E-state index contributed by atoms with van der Waals surface area (Å²) < 4.78 is 54.9. The molecule has 1 aromatic carbocycles. The number of hydrogen-bond acceptors (Lipinski definition) is 3. The zero-order valence-electron chi connectivity index (χ0n) is 16.0. The van der Waals surface area contributed by atoms with Crippen molar-refractivity contribution in [3.05, 3.63) is 46.8 Å². The predicted octanol–water partition coefficient (Wildman–Crippen LogP) is 2.60. The zero-order valence-corrected chi connectivity index (χ0v) is 16.0. The predicted molar refractivity (Wildman–Crippen MR) is 98.0 cm³/mol. The molecule has 1 aromatic heterocycles. The van der Waals surface area contributed by atoms with Crippen molar-refractivity contribution in [1.29, 1.82) is 0 Å². The van der Waals surface area contributed by atoms with Gasteiger partial charge in [-0.2, -0.15) is 5.10 Å². The fraction of sp³-hybridized carbons (Fsp3) is 0.421. The molecule has 0 unspecified atom stereocenters. The van der Waals surface area contributed by atoms with Gasteiger partial charge in [-0.15, -0.1) is 0 Å². The topological polar surface area (TPSA) is 70.5 Å². The average molecular weight is 425 g/mol. The van der Waals surface area contributed by atoms with E-state index in [1.165, 1.54) is 4.90 Å². The highest BCUT2D eigenvalue weighted by Gasteiger charge is 2.33. The summed E-state index contributed by atoms with van der Waals surface area (Å²) in [5.74, 6) is -3.44. The highest BCUT2D eigenvalue weighted by atomic mass is 19.3. The van der Waals surface area contributed by atoms with E-state index in [1.807, 2.05) is 0 Å². The second-order valence-electron chi connectivity index (χ2n) is 7.37. The number of urea groups is 1. The highest BCUT2D eigenvalue weighted by Crippen LogP contribution is 2.29. The van der Waals surface area contributed by atoms with Crippen LogP contribution in [0.25, 0.3) is 0 Å². The number of aromatic nitrogens is 2. The van der Waals surface area contributed by atoms with E-state index in [2.05, 4.69) is 10.4 Å². The van der Waals surface area contributed by atoms with Crippen molar-refractivity contribution in [2.75, 3.05) is 18.0 Å². The third-order valence-electron chi connectivity index (χ3n) is 5.39. The van der Waals surface area contributed by atoms with Gasteiger partial charge in [0.25, 0.3) is 6.43 Å². The van der Waals surface area contributed by atoms with Crippen LogP contribution in [-0.2, 0) is 24.3 Å². The van der Waals surface area contributed by atoms with Crippen LogP contribution < -0.4 is 10.2 Å². The summed E-state index contributed by atoms with van der Waals surface area (Å²) in [6.07, 6.45) is -1.97. The Labute approximate surface area is 169 Å². The molecule has 0 radical (unpaired) electrons. The van der Waals surface area contributed by atoms with Gasteiger partial charge in [0.1, 0.15) is 0 Å². The molecule has 30 heavy (non-hydrogen) atoms.